The Bertz CT molecular complexity index is 489. The average molecular weight is 315 g/mol. The van der Waals surface area contributed by atoms with E-state index in [1.165, 1.54) is 19.3 Å². The number of amides is 1. The number of rotatable bonds is 5. The number of nitrogens with zero attached hydrogens (tertiary/aromatic N) is 1. The van der Waals surface area contributed by atoms with Crippen molar-refractivity contribution in [3.05, 3.63) is 36.2 Å². The number of ether oxygens (including phenoxy) is 1. The second-order valence-corrected chi connectivity index (χ2v) is 6.47. The van der Waals surface area contributed by atoms with E-state index in [1.807, 2.05) is 29.2 Å². The lowest BCUT2D eigenvalue weighted by molar-refractivity contribution is 0.0742. The van der Waals surface area contributed by atoms with E-state index in [-0.39, 0.29) is 5.91 Å². The first-order valence-electron chi connectivity index (χ1n) is 8.90. The molecule has 1 aromatic carbocycles. The van der Waals surface area contributed by atoms with Gasteiger partial charge in [0, 0.05) is 24.7 Å². The van der Waals surface area contributed by atoms with Crippen LogP contribution >= 0.6 is 0 Å². The molecule has 1 radical (unpaired) electrons. The Balaban J connectivity index is 1.45. The van der Waals surface area contributed by atoms with Gasteiger partial charge in [-0.25, -0.2) is 0 Å². The molecule has 0 aromatic heterocycles. The van der Waals surface area contributed by atoms with Gasteiger partial charge in [-0.05, 0) is 69.3 Å². The van der Waals surface area contributed by atoms with Gasteiger partial charge in [0.15, 0.2) is 0 Å². The summed E-state index contributed by atoms with van der Waals surface area (Å²) in [5.41, 5.74) is 0.758. The molecule has 0 bridgehead atoms. The van der Waals surface area contributed by atoms with E-state index < -0.39 is 0 Å². The van der Waals surface area contributed by atoms with E-state index >= 15 is 0 Å². The van der Waals surface area contributed by atoms with Gasteiger partial charge in [-0.15, -0.1) is 0 Å². The summed E-state index contributed by atoms with van der Waals surface area (Å²) in [4.78, 5) is 14.3. The smallest absolute Gasteiger partial charge is 0.253 e. The highest BCUT2D eigenvalue weighted by Crippen LogP contribution is 2.17. The summed E-state index contributed by atoms with van der Waals surface area (Å²) in [5.74, 6) is 0.986. The van der Waals surface area contributed by atoms with Gasteiger partial charge in [0.1, 0.15) is 5.75 Å². The predicted octanol–water partition coefficient (Wildman–Crippen LogP) is 3.04. The maximum Gasteiger partial charge on any atom is 0.253 e. The maximum atomic E-state index is 12.4. The van der Waals surface area contributed by atoms with Crippen LogP contribution in [0.4, 0.5) is 0 Å². The van der Waals surface area contributed by atoms with Crippen molar-refractivity contribution in [3.63, 3.8) is 0 Å². The monoisotopic (exact) mass is 315 g/mol. The average Bonchev–Trinajstić information content (AvgIpc) is 2.63. The number of benzene rings is 1. The Morgan fingerprint density at radius 2 is 1.96 bits per heavy atom. The normalized spacial score (nSPS) is 21.9. The molecule has 125 valence electrons. The maximum absolute atomic E-state index is 12.4. The molecule has 0 aliphatic carbocycles. The van der Waals surface area contributed by atoms with Crippen molar-refractivity contribution < 1.29 is 9.53 Å². The lowest BCUT2D eigenvalue weighted by atomic mass is 10.0. The van der Waals surface area contributed by atoms with Crippen LogP contribution in [0.25, 0.3) is 0 Å². The van der Waals surface area contributed by atoms with E-state index in [9.17, 15) is 4.79 Å². The largest absolute Gasteiger partial charge is 0.494 e. The van der Waals surface area contributed by atoms with E-state index in [1.54, 1.807) is 0 Å². The van der Waals surface area contributed by atoms with Gasteiger partial charge in [0.25, 0.3) is 5.91 Å². The number of hydrogen-bond donors (Lipinski definition) is 1. The van der Waals surface area contributed by atoms with Crippen molar-refractivity contribution in [1.82, 2.24) is 10.2 Å². The van der Waals surface area contributed by atoms with Gasteiger partial charge in [0.05, 0.1) is 6.61 Å². The SMILES string of the molecule is O=C(c1ccc(OCCC2CCCCN2)cc1)N1CC[CH]CC1. The van der Waals surface area contributed by atoms with E-state index in [0.717, 1.165) is 56.8 Å². The molecule has 0 saturated carbocycles. The van der Waals surface area contributed by atoms with Gasteiger partial charge in [-0.1, -0.05) is 6.42 Å². The third-order valence-electron chi connectivity index (χ3n) is 4.74. The minimum atomic E-state index is 0.135. The molecule has 2 saturated heterocycles. The molecule has 2 aliphatic rings. The van der Waals surface area contributed by atoms with Crippen molar-refractivity contribution in [3.8, 4) is 5.75 Å². The summed E-state index contributed by atoms with van der Waals surface area (Å²) in [6.45, 7) is 3.54. The zero-order valence-corrected chi connectivity index (χ0v) is 13.8. The Kier molecular flexibility index (Phi) is 5.92. The first-order valence-corrected chi connectivity index (χ1v) is 8.90. The quantitative estimate of drug-likeness (QED) is 0.908. The molecule has 2 fully saturated rings. The van der Waals surface area contributed by atoms with Crippen molar-refractivity contribution >= 4 is 5.91 Å². The fourth-order valence-corrected chi connectivity index (χ4v) is 3.32. The lowest BCUT2D eigenvalue weighted by Gasteiger charge is -2.26. The van der Waals surface area contributed by atoms with Crippen molar-refractivity contribution in [2.75, 3.05) is 26.2 Å². The number of nitrogens with one attached hydrogen (secondary N) is 1. The van der Waals surface area contributed by atoms with Crippen molar-refractivity contribution in [1.29, 1.82) is 0 Å². The van der Waals surface area contributed by atoms with Crippen molar-refractivity contribution in [2.24, 2.45) is 0 Å². The van der Waals surface area contributed by atoms with Gasteiger partial charge >= 0.3 is 0 Å². The van der Waals surface area contributed by atoms with Crippen LogP contribution in [-0.2, 0) is 0 Å². The molecule has 0 spiro atoms. The number of carbonyl (C=O) groups excluding carboxylic acids is 1. The molecule has 4 nitrogen and oxygen atoms in total. The van der Waals surface area contributed by atoms with E-state index in [2.05, 4.69) is 11.7 Å². The highest BCUT2D eigenvalue weighted by molar-refractivity contribution is 5.94. The van der Waals surface area contributed by atoms with E-state index in [4.69, 9.17) is 4.74 Å². The molecule has 1 amide bonds. The zero-order chi connectivity index (χ0) is 15.9. The second-order valence-electron chi connectivity index (χ2n) is 6.47. The molecule has 4 heteroatoms. The number of carbonyl (C=O) groups is 1. The topological polar surface area (TPSA) is 41.6 Å². The molecule has 1 atom stereocenters. The fraction of sp³-hybridized carbons (Fsp3) is 0.579. The predicted molar refractivity (Wildman–Crippen MR) is 91.6 cm³/mol. The second kappa shape index (κ2) is 8.34. The molecule has 3 rings (SSSR count). The molecule has 1 N–H and O–H groups in total. The Hall–Kier alpha value is -1.55. The minimum Gasteiger partial charge on any atom is -0.494 e. The fourth-order valence-electron chi connectivity index (χ4n) is 3.32. The number of hydrogen-bond acceptors (Lipinski definition) is 3. The third kappa shape index (κ3) is 4.71. The zero-order valence-electron chi connectivity index (χ0n) is 13.8. The summed E-state index contributed by atoms with van der Waals surface area (Å²) in [5, 5.41) is 3.53. The van der Waals surface area contributed by atoms with Crippen LogP contribution in [0.2, 0.25) is 0 Å². The van der Waals surface area contributed by atoms with Gasteiger partial charge < -0.3 is 15.0 Å². The lowest BCUT2D eigenvalue weighted by Crippen LogP contribution is -2.35. The van der Waals surface area contributed by atoms with Crippen LogP contribution in [0.15, 0.2) is 24.3 Å². The van der Waals surface area contributed by atoms with Gasteiger partial charge in [-0.2, -0.15) is 0 Å². The number of likely N-dealkylation sites (tertiary alicyclic amines) is 1. The number of piperidine rings is 2. The highest BCUT2D eigenvalue weighted by atomic mass is 16.5. The Labute approximate surface area is 139 Å². The molecule has 23 heavy (non-hydrogen) atoms. The third-order valence-corrected chi connectivity index (χ3v) is 4.74. The summed E-state index contributed by atoms with van der Waals surface area (Å²) >= 11 is 0. The summed E-state index contributed by atoms with van der Waals surface area (Å²) in [7, 11) is 0. The van der Waals surface area contributed by atoms with Crippen LogP contribution < -0.4 is 10.1 Å². The van der Waals surface area contributed by atoms with Crippen LogP contribution in [0, 0.1) is 6.42 Å². The summed E-state index contributed by atoms with van der Waals surface area (Å²) in [6.07, 6.45) is 9.17. The Morgan fingerprint density at radius 1 is 1.17 bits per heavy atom. The van der Waals surface area contributed by atoms with Crippen LogP contribution in [0.1, 0.15) is 48.9 Å². The summed E-state index contributed by atoms with van der Waals surface area (Å²) < 4.78 is 5.82. The van der Waals surface area contributed by atoms with Crippen molar-refractivity contribution in [2.45, 2.75) is 44.6 Å². The molecule has 2 aliphatic heterocycles. The standard InChI is InChI=1S/C19H27N2O2/c22-19(21-13-4-1-5-14-21)16-7-9-18(10-8-16)23-15-11-17-6-2-3-12-20-17/h1,7-10,17,20H,2-6,11-15H2. The minimum absolute atomic E-state index is 0.135. The van der Waals surface area contributed by atoms with E-state index in [0.29, 0.717) is 6.04 Å². The first kappa shape index (κ1) is 16.3. The molecular formula is C19H27N2O2. The van der Waals surface area contributed by atoms with Crippen LogP contribution in [0.5, 0.6) is 5.75 Å². The van der Waals surface area contributed by atoms with Crippen LogP contribution in [-0.4, -0.2) is 43.1 Å². The molecular weight excluding hydrogens is 288 g/mol. The first-order chi connectivity index (χ1) is 11.3. The highest BCUT2D eigenvalue weighted by Gasteiger charge is 2.18. The van der Waals surface area contributed by atoms with Crippen LogP contribution in [0.3, 0.4) is 0 Å². The van der Waals surface area contributed by atoms with Gasteiger partial charge in [0.2, 0.25) is 0 Å². The van der Waals surface area contributed by atoms with Gasteiger partial charge in [-0.3, -0.25) is 4.79 Å². The molecule has 1 aromatic rings. The molecule has 1 unspecified atom stereocenters. The Morgan fingerprint density at radius 3 is 2.65 bits per heavy atom. The molecule has 2 heterocycles. The summed E-state index contributed by atoms with van der Waals surface area (Å²) in [6, 6.07) is 8.19.